The quantitative estimate of drug-likeness (QED) is 0.100. The third kappa shape index (κ3) is 7.58. The van der Waals surface area contributed by atoms with Crippen LogP contribution in [0.5, 0.6) is 0 Å². The molecule has 3 rings (SSSR count). The molecule has 3 fully saturated rings. The number of carboxylic acids is 1. The summed E-state index contributed by atoms with van der Waals surface area (Å²) in [5, 5.41) is 114. The molecular weight excluding hydrogens is 592 g/mol. The molecule has 20 heteroatoms. The van der Waals surface area contributed by atoms with Crippen LogP contribution in [0.15, 0.2) is 0 Å². The lowest BCUT2D eigenvalue weighted by molar-refractivity contribution is -0.351. The van der Waals surface area contributed by atoms with Crippen LogP contribution in [0.2, 0.25) is 0 Å². The molecular formula is C23H40N2O18. The van der Waals surface area contributed by atoms with Gasteiger partial charge in [-0.1, -0.05) is 0 Å². The molecule has 3 aliphatic heterocycles. The van der Waals surface area contributed by atoms with E-state index in [1.165, 1.54) is 0 Å². The van der Waals surface area contributed by atoms with Crippen molar-refractivity contribution < 1.29 is 89.4 Å². The van der Waals surface area contributed by atoms with Gasteiger partial charge in [0.25, 0.3) is 5.79 Å². The second-order valence-corrected chi connectivity index (χ2v) is 10.6. The lowest BCUT2D eigenvalue weighted by Gasteiger charge is -2.48. The Morgan fingerprint density at radius 3 is 2.21 bits per heavy atom. The summed E-state index contributed by atoms with van der Waals surface area (Å²) in [6.45, 7) is -1.63. The third-order valence-corrected chi connectivity index (χ3v) is 7.55. The molecule has 43 heavy (non-hydrogen) atoms. The van der Waals surface area contributed by atoms with Crippen molar-refractivity contribution in [3.05, 3.63) is 0 Å². The number of aliphatic hydroxyl groups is 10. The van der Waals surface area contributed by atoms with E-state index in [2.05, 4.69) is 5.32 Å². The van der Waals surface area contributed by atoms with Crippen molar-refractivity contribution in [2.24, 2.45) is 5.73 Å². The number of hydrogen-bond donors (Lipinski definition) is 13. The minimum atomic E-state index is -2.76. The Balaban J connectivity index is 1.84. The van der Waals surface area contributed by atoms with E-state index in [0.29, 0.717) is 0 Å². The molecule has 3 heterocycles. The highest BCUT2D eigenvalue weighted by Gasteiger charge is 2.56. The number of aliphatic hydroxyl groups excluding tert-OH is 10. The first-order chi connectivity index (χ1) is 20.1. The summed E-state index contributed by atoms with van der Waals surface area (Å²) in [5.41, 5.74) is 5.82. The number of hydrogen-bond acceptors (Lipinski definition) is 18. The highest BCUT2D eigenvalue weighted by molar-refractivity contribution is 5.76. The zero-order valence-corrected chi connectivity index (χ0v) is 22.8. The molecule has 0 radical (unpaired) electrons. The van der Waals surface area contributed by atoms with Crippen molar-refractivity contribution in [2.45, 2.75) is 111 Å². The molecule has 0 aromatic carbocycles. The number of amides is 1. The normalized spacial score (nSPS) is 45.3. The van der Waals surface area contributed by atoms with Gasteiger partial charge in [0.1, 0.15) is 67.1 Å². The van der Waals surface area contributed by atoms with Crippen LogP contribution in [0, 0.1) is 0 Å². The Bertz CT molecular complexity index is 946. The monoisotopic (exact) mass is 632 g/mol. The molecule has 16 atom stereocenters. The van der Waals surface area contributed by atoms with Crippen LogP contribution in [-0.4, -0.2) is 185 Å². The number of carbonyl (C=O) groups excluding carboxylic acids is 1. The number of carbonyl (C=O) groups is 2. The summed E-state index contributed by atoms with van der Waals surface area (Å²) in [6.07, 6.45) is -24.1. The predicted octanol–water partition coefficient (Wildman–Crippen LogP) is -8.26. The van der Waals surface area contributed by atoms with Crippen LogP contribution in [0.25, 0.3) is 0 Å². The van der Waals surface area contributed by atoms with Gasteiger partial charge in [0, 0.05) is 13.3 Å². The summed E-state index contributed by atoms with van der Waals surface area (Å²) in [6, 6.07) is -2.98. The van der Waals surface area contributed by atoms with Gasteiger partial charge in [-0.3, -0.25) is 4.79 Å². The standard InChI is InChI=1S/C23H40N2O18/c1-6(28)25-12-19(42-21-17(35)16(34)14(32)9(4-27)41-21)15(33)10(40-20(12)36)5-39-23(22(37)38)2-7(29)11(24)18(43-23)13(31)8(30)3-26/h7-21,26-27,29-36H,2-5,24H2,1H3,(H,25,28)(H,37,38)/t7-,8+,9+,10+,11+,12+,13+,14-,15-,16-,17+,18+,19+,20-,21-,23+/m0/s1. The van der Waals surface area contributed by atoms with E-state index in [0.717, 1.165) is 6.92 Å². The van der Waals surface area contributed by atoms with Crippen molar-refractivity contribution in [3.63, 3.8) is 0 Å². The molecule has 1 amide bonds. The maximum atomic E-state index is 12.3. The van der Waals surface area contributed by atoms with E-state index in [1.807, 2.05) is 0 Å². The first-order valence-corrected chi connectivity index (χ1v) is 13.3. The number of nitrogens with two attached hydrogens (primary N) is 1. The fourth-order valence-corrected chi connectivity index (χ4v) is 5.07. The molecule has 250 valence electrons. The topological polar surface area (TPSA) is 341 Å². The van der Waals surface area contributed by atoms with Gasteiger partial charge in [-0.05, 0) is 0 Å². The number of rotatable bonds is 11. The fraction of sp³-hybridized carbons (Fsp3) is 0.913. The van der Waals surface area contributed by atoms with Crippen LogP contribution in [-0.2, 0) is 33.3 Å². The van der Waals surface area contributed by atoms with Crippen molar-refractivity contribution >= 4 is 11.9 Å². The molecule has 0 unspecified atom stereocenters. The Morgan fingerprint density at radius 2 is 1.65 bits per heavy atom. The average Bonchev–Trinajstić information content (AvgIpc) is 2.96. The maximum Gasteiger partial charge on any atom is 0.364 e. The van der Waals surface area contributed by atoms with E-state index in [4.69, 9.17) is 34.5 Å². The van der Waals surface area contributed by atoms with Crippen molar-refractivity contribution in [1.82, 2.24) is 5.32 Å². The minimum Gasteiger partial charge on any atom is -0.477 e. The predicted molar refractivity (Wildman–Crippen MR) is 132 cm³/mol. The summed E-state index contributed by atoms with van der Waals surface area (Å²) < 4.78 is 27.0. The number of nitrogens with one attached hydrogen (secondary N) is 1. The van der Waals surface area contributed by atoms with Crippen molar-refractivity contribution in [2.75, 3.05) is 19.8 Å². The second-order valence-electron chi connectivity index (χ2n) is 10.6. The second kappa shape index (κ2) is 14.6. The minimum absolute atomic E-state index is 0.725. The van der Waals surface area contributed by atoms with E-state index < -0.39 is 136 Å². The summed E-state index contributed by atoms with van der Waals surface area (Å²) in [4.78, 5) is 24.1. The van der Waals surface area contributed by atoms with E-state index >= 15 is 0 Å². The first-order valence-electron chi connectivity index (χ1n) is 13.3. The Kier molecular flexibility index (Phi) is 12.1. The molecule has 20 nitrogen and oxygen atoms in total. The zero-order chi connectivity index (χ0) is 32.4. The van der Waals surface area contributed by atoms with Gasteiger partial charge in [-0.2, -0.15) is 0 Å². The number of aliphatic carboxylic acids is 1. The van der Waals surface area contributed by atoms with Gasteiger partial charge < -0.3 is 90.9 Å². The molecule has 0 spiro atoms. The molecule has 3 saturated heterocycles. The largest absolute Gasteiger partial charge is 0.477 e. The highest BCUT2D eigenvalue weighted by atomic mass is 16.7. The van der Waals surface area contributed by atoms with Crippen LogP contribution in [0.1, 0.15) is 13.3 Å². The summed E-state index contributed by atoms with van der Waals surface area (Å²) >= 11 is 0. The molecule has 0 bridgehead atoms. The van der Waals surface area contributed by atoms with Gasteiger partial charge in [0.05, 0.1) is 32.0 Å². The summed E-state index contributed by atoms with van der Waals surface area (Å²) in [7, 11) is 0. The van der Waals surface area contributed by atoms with Gasteiger partial charge in [0.15, 0.2) is 12.6 Å². The smallest absolute Gasteiger partial charge is 0.364 e. The SMILES string of the molecule is CC(=O)N[C@@H]1[C@@H](O[C@@H]2O[C@H](CO)[C@H](O)[C@H](O)[C@H]2O)[C@@H](O)[C@@H](CO[C@]2(C(=O)O)C[C@H](O)[C@@H](N)[C@H]([C@H](O)[C@H](O)CO)O2)O[C@@H]1O. The lowest BCUT2D eigenvalue weighted by atomic mass is 9.89. The molecule has 0 aliphatic carbocycles. The Labute approximate surface area is 243 Å². The van der Waals surface area contributed by atoms with Gasteiger partial charge in [-0.25, -0.2) is 4.79 Å². The number of ether oxygens (including phenoxy) is 5. The molecule has 14 N–H and O–H groups in total. The molecule has 0 aromatic heterocycles. The van der Waals surface area contributed by atoms with E-state index in [-0.39, 0.29) is 0 Å². The Hall–Kier alpha value is -1.70. The average molecular weight is 633 g/mol. The third-order valence-electron chi connectivity index (χ3n) is 7.55. The van der Waals surface area contributed by atoms with E-state index in [9.17, 15) is 60.7 Å². The van der Waals surface area contributed by atoms with Gasteiger partial charge in [0.2, 0.25) is 5.91 Å². The summed E-state index contributed by atoms with van der Waals surface area (Å²) in [5.74, 6) is -5.31. The fourth-order valence-electron chi connectivity index (χ4n) is 5.07. The van der Waals surface area contributed by atoms with Crippen LogP contribution in [0.3, 0.4) is 0 Å². The molecule has 0 aromatic rings. The van der Waals surface area contributed by atoms with E-state index in [1.54, 1.807) is 0 Å². The van der Waals surface area contributed by atoms with Crippen LogP contribution in [0.4, 0.5) is 0 Å². The van der Waals surface area contributed by atoms with Crippen molar-refractivity contribution in [1.29, 1.82) is 0 Å². The van der Waals surface area contributed by atoms with Crippen LogP contribution < -0.4 is 11.1 Å². The molecule has 3 aliphatic rings. The zero-order valence-electron chi connectivity index (χ0n) is 22.8. The number of carboxylic acid groups (broad SMARTS) is 1. The first kappa shape index (κ1) is 35.8. The van der Waals surface area contributed by atoms with Crippen molar-refractivity contribution in [3.8, 4) is 0 Å². The maximum absolute atomic E-state index is 12.3. The lowest BCUT2D eigenvalue weighted by Crippen LogP contribution is -2.69. The Morgan fingerprint density at radius 1 is 1.00 bits per heavy atom. The highest BCUT2D eigenvalue weighted by Crippen LogP contribution is 2.34. The molecule has 0 saturated carbocycles. The van der Waals surface area contributed by atoms with Gasteiger partial charge in [-0.15, -0.1) is 0 Å². The van der Waals surface area contributed by atoms with Gasteiger partial charge >= 0.3 is 5.97 Å². The van der Waals surface area contributed by atoms with Crippen LogP contribution >= 0.6 is 0 Å².